The van der Waals surface area contributed by atoms with Crippen LogP contribution in [0.1, 0.15) is 0 Å². The number of anilines is 2. The Balaban J connectivity index is 0.000000167. The molecule has 8 rings (SSSR count). The summed E-state index contributed by atoms with van der Waals surface area (Å²) in [5, 5.41) is 6.76. The minimum absolute atomic E-state index is 0. The molecule has 242 valence electrons. The molecule has 0 spiro atoms. The lowest BCUT2D eigenvalue weighted by atomic mass is 10.3. The molecule has 49 heavy (non-hydrogen) atoms. The first-order valence-electron chi connectivity index (χ1n) is 15.7. The van der Waals surface area contributed by atoms with Crippen LogP contribution in [0.5, 0.6) is 0 Å². The Morgan fingerprint density at radius 1 is 0.510 bits per heavy atom. The van der Waals surface area contributed by atoms with E-state index in [1.165, 1.54) is 0 Å². The smallest absolute Gasteiger partial charge is 0.264 e. The van der Waals surface area contributed by atoms with Crippen molar-refractivity contribution in [3.63, 3.8) is 0 Å². The molecule has 3 N–H and O–H groups in total. The van der Waals surface area contributed by atoms with E-state index in [1.54, 1.807) is 0 Å². The molecule has 6 aromatic carbocycles. The highest BCUT2D eigenvalue weighted by Gasteiger charge is 2.26. The van der Waals surface area contributed by atoms with Crippen molar-refractivity contribution in [2.45, 2.75) is 0 Å². The van der Waals surface area contributed by atoms with Gasteiger partial charge >= 0.3 is 0 Å². The first-order valence-corrected chi connectivity index (χ1v) is 15.7. The standard InChI is InChI=1S/C20H18N4.C20H16N4.H2O/c2*1-4-10-17(11-5-1)21-20-22-24(19-14-8-3-9-15-19)16-23(20)18-12-6-2-7-13-18;/h1-15H,16H2,(H,21,22);1-16H;1H2. The minimum atomic E-state index is 0. The van der Waals surface area contributed by atoms with Crippen LogP contribution in [0.3, 0.4) is 0 Å². The van der Waals surface area contributed by atoms with Gasteiger partial charge in [0.1, 0.15) is 18.0 Å². The van der Waals surface area contributed by atoms with E-state index in [1.807, 2.05) is 173 Å². The Bertz CT molecular complexity index is 2120. The quantitative estimate of drug-likeness (QED) is 0.216. The van der Waals surface area contributed by atoms with Crippen LogP contribution < -0.4 is 30.7 Å². The number of hydrogen-bond donors (Lipinski definition) is 1. The van der Waals surface area contributed by atoms with E-state index < -0.39 is 0 Å². The van der Waals surface area contributed by atoms with E-state index in [-0.39, 0.29) is 5.48 Å². The van der Waals surface area contributed by atoms with Crippen molar-refractivity contribution in [3.05, 3.63) is 194 Å². The van der Waals surface area contributed by atoms with Gasteiger partial charge in [-0.2, -0.15) is 14.3 Å². The summed E-state index contributed by atoms with van der Waals surface area (Å²) >= 11 is 0. The highest BCUT2D eigenvalue weighted by Crippen LogP contribution is 2.23. The topological polar surface area (TPSA) is 97.6 Å². The Morgan fingerprint density at radius 3 is 1.51 bits per heavy atom. The lowest BCUT2D eigenvalue weighted by molar-refractivity contribution is -0.663. The summed E-state index contributed by atoms with van der Waals surface area (Å²) in [5.74, 6) is 0.816. The second-order valence-electron chi connectivity index (χ2n) is 10.9. The first-order chi connectivity index (χ1) is 23.8. The molecule has 0 bridgehead atoms. The van der Waals surface area contributed by atoms with Gasteiger partial charge in [0.15, 0.2) is 0 Å². The first kappa shape index (κ1) is 32.2. The van der Waals surface area contributed by atoms with Gasteiger partial charge < -0.3 is 10.5 Å². The summed E-state index contributed by atoms with van der Waals surface area (Å²) in [5.41, 5.74) is 10.1. The molecule has 0 radical (unpaired) electrons. The van der Waals surface area contributed by atoms with Crippen LogP contribution >= 0.6 is 0 Å². The van der Waals surface area contributed by atoms with Crippen molar-refractivity contribution in [1.29, 1.82) is 0 Å². The summed E-state index contributed by atoms with van der Waals surface area (Å²) in [6, 6.07) is 60.6. The molecule has 0 atom stereocenters. The molecule has 0 unspecified atom stereocenters. The molecule has 1 saturated heterocycles. The average Bonchev–Trinajstić information content (AvgIpc) is 3.79. The van der Waals surface area contributed by atoms with Crippen LogP contribution in [0.2, 0.25) is 0 Å². The van der Waals surface area contributed by atoms with Gasteiger partial charge in [0, 0.05) is 5.69 Å². The molecule has 1 aliphatic heterocycles. The predicted molar refractivity (Wildman–Crippen MR) is 195 cm³/mol. The highest BCUT2D eigenvalue weighted by molar-refractivity contribution is 6.01. The Kier molecular flexibility index (Phi) is 10.3. The molecule has 0 aliphatic carbocycles. The van der Waals surface area contributed by atoms with Crippen molar-refractivity contribution in [2.24, 2.45) is 9.98 Å². The van der Waals surface area contributed by atoms with Gasteiger partial charge in [-0.15, -0.1) is 0 Å². The van der Waals surface area contributed by atoms with Gasteiger partial charge in [0.25, 0.3) is 6.33 Å². The molecule has 0 saturated carbocycles. The van der Waals surface area contributed by atoms with Crippen molar-refractivity contribution >= 4 is 28.7 Å². The van der Waals surface area contributed by atoms with Crippen LogP contribution in [0, 0.1) is 0 Å². The molecule has 1 fully saturated rings. The van der Waals surface area contributed by atoms with Gasteiger partial charge in [-0.1, -0.05) is 121 Å². The number of nitrogens with zero attached hydrogens (tertiary/aromatic N) is 7. The van der Waals surface area contributed by atoms with E-state index in [2.05, 4.69) is 44.7 Å². The van der Waals surface area contributed by atoms with E-state index in [4.69, 9.17) is 9.98 Å². The molecule has 2 heterocycles. The fraction of sp³-hybridized carbons (Fsp3) is 0.0250. The number of aromatic nitrogens is 3. The van der Waals surface area contributed by atoms with Gasteiger partial charge in [-0.3, -0.25) is 15.3 Å². The maximum Gasteiger partial charge on any atom is 0.264 e. The zero-order valence-electron chi connectivity index (χ0n) is 26.7. The molecular formula is C40H36N8O. The Labute approximate surface area is 285 Å². The fourth-order valence-corrected chi connectivity index (χ4v) is 5.20. The third kappa shape index (κ3) is 7.99. The number of rotatable bonds is 6. The molecule has 0 amide bonds. The lowest BCUT2D eigenvalue weighted by Crippen LogP contribution is -2.36. The zero-order chi connectivity index (χ0) is 32.4. The molecule has 9 heteroatoms. The van der Waals surface area contributed by atoms with E-state index >= 15 is 0 Å². The monoisotopic (exact) mass is 644 g/mol. The highest BCUT2D eigenvalue weighted by atomic mass is 16.0. The number of aliphatic imine (C=N–C) groups is 1. The Morgan fingerprint density at radius 2 is 0.959 bits per heavy atom. The maximum absolute atomic E-state index is 4.78. The molecule has 7 aromatic rings. The van der Waals surface area contributed by atoms with Crippen molar-refractivity contribution in [3.8, 4) is 11.4 Å². The van der Waals surface area contributed by atoms with Gasteiger partial charge in [-0.25, -0.2) is 4.99 Å². The molecule has 9 nitrogen and oxygen atoms in total. The fourth-order valence-electron chi connectivity index (χ4n) is 5.20. The predicted octanol–water partition coefficient (Wildman–Crippen LogP) is 6.28. The maximum atomic E-state index is 4.78. The van der Waals surface area contributed by atoms with E-state index in [0.29, 0.717) is 12.3 Å². The van der Waals surface area contributed by atoms with Crippen molar-refractivity contribution in [1.82, 2.24) is 15.1 Å². The number of guanidine groups is 1. The van der Waals surface area contributed by atoms with Crippen molar-refractivity contribution in [2.75, 3.05) is 16.6 Å². The summed E-state index contributed by atoms with van der Waals surface area (Å²) in [4.78, 5) is 11.6. The SMILES string of the molecule is O.c1ccc(N=C2NN(c3ccccc3)CN2c2ccccc2)cc1.c1ccc(N=c2[n-][n+](-c3ccccc3)cn2-c2ccccc2)cc1. The summed E-state index contributed by atoms with van der Waals surface area (Å²) < 4.78 is 3.83. The summed E-state index contributed by atoms with van der Waals surface area (Å²) in [6.45, 7) is 0.694. The Hall–Kier alpha value is -6.71. The number of hydrazine groups is 1. The number of nitrogens with one attached hydrogen (secondary N) is 1. The molecule has 1 aliphatic rings. The van der Waals surface area contributed by atoms with E-state index in [9.17, 15) is 0 Å². The normalized spacial score (nSPS) is 13.3. The van der Waals surface area contributed by atoms with Crippen LogP contribution in [0.15, 0.2) is 198 Å². The van der Waals surface area contributed by atoms with Crippen LogP contribution in [0.4, 0.5) is 22.7 Å². The van der Waals surface area contributed by atoms with Crippen LogP contribution in [-0.4, -0.2) is 22.7 Å². The third-order valence-corrected chi connectivity index (χ3v) is 7.58. The minimum Gasteiger partial charge on any atom is -0.412 e. The van der Waals surface area contributed by atoms with Gasteiger partial charge in [-0.05, 0) is 66.4 Å². The van der Waals surface area contributed by atoms with E-state index in [0.717, 1.165) is 40.1 Å². The van der Waals surface area contributed by atoms with Crippen LogP contribution in [-0.2, 0) is 0 Å². The molecular weight excluding hydrogens is 608 g/mol. The zero-order valence-corrected chi connectivity index (χ0v) is 26.7. The number of para-hydroxylation sites is 6. The third-order valence-electron chi connectivity index (χ3n) is 7.58. The van der Waals surface area contributed by atoms with Gasteiger partial charge in [0.2, 0.25) is 11.6 Å². The summed E-state index contributed by atoms with van der Waals surface area (Å²) in [6.07, 6.45) is 1.95. The summed E-state index contributed by atoms with van der Waals surface area (Å²) in [7, 11) is 0. The van der Waals surface area contributed by atoms with Crippen LogP contribution in [0.25, 0.3) is 11.4 Å². The second kappa shape index (κ2) is 15.7. The average molecular weight is 645 g/mol. The number of hydrogen-bond acceptors (Lipinski definition) is 3. The lowest BCUT2D eigenvalue weighted by Gasteiger charge is -2.18. The second-order valence-corrected chi connectivity index (χ2v) is 10.9. The molecule has 1 aromatic heterocycles. The van der Waals surface area contributed by atoms with Gasteiger partial charge in [0.05, 0.1) is 11.4 Å². The van der Waals surface area contributed by atoms with Crippen molar-refractivity contribution < 1.29 is 10.2 Å². The number of benzene rings is 6. The largest absolute Gasteiger partial charge is 0.412 e.